The molecule has 0 unspecified atom stereocenters. The van der Waals surface area contributed by atoms with Crippen molar-refractivity contribution >= 4 is 17.7 Å². The van der Waals surface area contributed by atoms with Gasteiger partial charge in [-0.25, -0.2) is 9.67 Å². The van der Waals surface area contributed by atoms with E-state index in [1.165, 1.54) is 11.8 Å². The molecule has 1 saturated carbocycles. The molecule has 1 N–H and O–H groups in total. The van der Waals surface area contributed by atoms with Crippen molar-refractivity contribution < 1.29 is 9.53 Å². The smallest absolute Gasteiger partial charge is 0.233 e. The Kier molecular flexibility index (Phi) is 5.26. The van der Waals surface area contributed by atoms with Crippen molar-refractivity contribution in [1.82, 2.24) is 20.1 Å². The predicted molar refractivity (Wildman–Crippen MR) is 101 cm³/mol. The van der Waals surface area contributed by atoms with Crippen LogP contribution in [0.4, 0.5) is 0 Å². The van der Waals surface area contributed by atoms with Crippen LogP contribution in [0.2, 0.25) is 0 Å². The Bertz CT molecular complexity index is 754. The number of benzene rings is 1. The molecule has 2 aliphatic rings. The Morgan fingerprint density at radius 2 is 2.15 bits per heavy atom. The van der Waals surface area contributed by atoms with E-state index in [1.54, 1.807) is 0 Å². The molecular formula is C19H24N4O2S. The van der Waals surface area contributed by atoms with E-state index < -0.39 is 0 Å². The average Bonchev–Trinajstić information content (AvgIpc) is 3.21. The monoisotopic (exact) mass is 372 g/mol. The van der Waals surface area contributed by atoms with Gasteiger partial charge < -0.3 is 10.1 Å². The molecule has 138 valence electrons. The van der Waals surface area contributed by atoms with E-state index in [1.807, 2.05) is 41.9 Å². The van der Waals surface area contributed by atoms with Gasteiger partial charge in [0.25, 0.3) is 0 Å². The highest BCUT2D eigenvalue weighted by Crippen LogP contribution is 2.40. The van der Waals surface area contributed by atoms with Gasteiger partial charge in [-0.3, -0.25) is 4.79 Å². The van der Waals surface area contributed by atoms with E-state index in [9.17, 15) is 4.79 Å². The first-order valence-electron chi connectivity index (χ1n) is 9.29. The van der Waals surface area contributed by atoms with Crippen LogP contribution >= 0.6 is 11.8 Å². The summed E-state index contributed by atoms with van der Waals surface area (Å²) in [7, 11) is 0. The van der Waals surface area contributed by atoms with E-state index in [0.717, 1.165) is 43.8 Å². The summed E-state index contributed by atoms with van der Waals surface area (Å²) in [4.78, 5) is 17.1. The minimum Gasteiger partial charge on any atom is -0.376 e. The first-order valence-corrected chi connectivity index (χ1v) is 10.2. The molecule has 7 heteroatoms. The minimum atomic E-state index is -0.241. The largest absolute Gasteiger partial charge is 0.376 e. The molecule has 1 aromatic carbocycles. The van der Waals surface area contributed by atoms with Gasteiger partial charge in [0.15, 0.2) is 0 Å². The SMILES string of the molecule is C[C@H](Sc1nc(C2CC2)n(-c2ccccc2)n1)C(=O)NC[C@@H]1CCCO1. The predicted octanol–water partition coefficient (Wildman–Crippen LogP) is 2.92. The first kappa shape index (κ1) is 17.5. The van der Waals surface area contributed by atoms with Crippen LogP contribution in [-0.4, -0.2) is 45.2 Å². The molecule has 2 atom stereocenters. The van der Waals surface area contributed by atoms with Crippen molar-refractivity contribution in [3.63, 3.8) is 0 Å². The number of hydrogen-bond donors (Lipinski definition) is 1. The average molecular weight is 372 g/mol. The zero-order valence-electron chi connectivity index (χ0n) is 14.9. The number of thioether (sulfide) groups is 1. The lowest BCUT2D eigenvalue weighted by molar-refractivity contribution is -0.120. The lowest BCUT2D eigenvalue weighted by Gasteiger charge is -2.13. The van der Waals surface area contributed by atoms with Gasteiger partial charge in [-0.05, 0) is 44.7 Å². The van der Waals surface area contributed by atoms with Gasteiger partial charge in [0.1, 0.15) is 5.82 Å². The summed E-state index contributed by atoms with van der Waals surface area (Å²) in [6.45, 7) is 3.29. The second-order valence-electron chi connectivity index (χ2n) is 6.91. The Labute approximate surface area is 157 Å². The maximum atomic E-state index is 12.4. The lowest BCUT2D eigenvalue weighted by atomic mass is 10.2. The molecule has 1 aliphatic carbocycles. The maximum Gasteiger partial charge on any atom is 0.233 e. The Balaban J connectivity index is 1.41. The van der Waals surface area contributed by atoms with E-state index >= 15 is 0 Å². The molecule has 6 nitrogen and oxygen atoms in total. The summed E-state index contributed by atoms with van der Waals surface area (Å²) in [6.07, 6.45) is 4.58. The number of carbonyl (C=O) groups excluding carboxylic acids is 1. The third kappa shape index (κ3) is 4.10. The number of ether oxygens (including phenoxy) is 1. The van der Waals surface area contributed by atoms with Crippen molar-refractivity contribution in [2.45, 2.75) is 55.0 Å². The second-order valence-corrected chi connectivity index (χ2v) is 8.22. The summed E-state index contributed by atoms with van der Waals surface area (Å²) in [5.41, 5.74) is 1.02. The minimum absolute atomic E-state index is 0.00883. The van der Waals surface area contributed by atoms with Gasteiger partial charge in [0.2, 0.25) is 11.1 Å². The Morgan fingerprint density at radius 3 is 2.85 bits per heavy atom. The second kappa shape index (κ2) is 7.80. The normalized spacial score (nSPS) is 20.9. The molecule has 1 amide bonds. The first-order chi connectivity index (χ1) is 12.7. The van der Waals surface area contributed by atoms with Gasteiger partial charge in [-0.2, -0.15) is 0 Å². The highest BCUT2D eigenvalue weighted by molar-refractivity contribution is 8.00. The molecule has 1 aliphatic heterocycles. The maximum absolute atomic E-state index is 12.4. The Morgan fingerprint density at radius 1 is 1.35 bits per heavy atom. The van der Waals surface area contributed by atoms with Gasteiger partial charge in [-0.15, -0.1) is 5.10 Å². The fourth-order valence-electron chi connectivity index (χ4n) is 3.09. The Hall–Kier alpha value is -1.86. The van der Waals surface area contributed by atoms with Gasteiger partial charge in [0, 0.05) is 19.1 Å². The molecular weight excluding hydrogens is 348 g/mol. The van der Waals surface area contributed by atoms with Crippen molar-refractivity contribution in [2.24, 2.45) is 0 Å². The highest BCUT2D eigenvalue weighted by Gasteiger charge is 2.31. The third-order valence-electron chi connectivity index (χ3n) is 4.74. The van der Waals surface area contributed by atoms with Crippen LogP contribution in [0.1, 0.15) is 44.3 Å². The van der Waals surface area contributed by atoms with Crippen LogP contribution in [-0.2, 0) is 9.53 Å². The molecule has 2 heterocycles. The lowest BCUT2D eigenvalue weighted by Crippen LogP contribution is -2.36. The van der Waals surface area contributed by atoms with E-state index in [4.69, 9.17) is 9.72 Å². The molecule has 26 heavy (non-hydrogen) atoms. The zero-order valence-corrected chi connectivity index (χ0v) is 15.7. The number of amides is 1. The molecule has 0 spiro atoms. The van der Waals surface area contributed by atoms with Crippen LogP contribution in [0.5, 0.6) is 0 Å². The van der Waals surface area contributed by atoms with Crippen LogP contribution < -0.4 is 5.32 Å². The fraction of sp³-hybridized carbons (Fsp3) is 0.526. The highest BCUT2D eigenvalue weighted by atomic mass is 32.2. The van der Waals surface area contributed by atoms with Crippen LogP contribution in [0.3, 0.4) is 0 Å². The van der Waals surface area contributed by atoms with Gasteiger partial charge in [-0.1, -0.05) is 30.0 Å². The van der Waals surface area contributed by atoms with Crippen LogP contribution in [0, 0.1) is 0 Å². The van der Waals surface area contributed by atoms with Gasteiger partial charge in [0.05, 0.1) is 17.0 Å². The fourth-order valence-corrected chi connectivity index (χ4v) is 3.88. The molecule has 2 aromatic rings. The molecule has 4 rings (SSSR count). The van der Waals surface area contributed by atoms with Gasteiger partial charge >= 0.3 is 0 Å². The molecule has 1 aromatic heterocycles. The summed E-state index contributed by atoms with van der Waals surface area (Å²) in [5.74, 6) is 1.50. The van der Waals surface area contributed by atoms with Crippen LogP contribution in [0.25, 0.3) is 5.69 Å². The number of nitrogens with one attached hydrogen (secondary N) is 1. The third-order valence-corrected chi connectivity index (χ3v) is 5.69. The number of carbonyl (C=O) groups is 1. The van der Waals surface area contributed by atoms with Crippen LogP contribution in [0.15, 0.2) is 35.5 Å². The zero-order chi connectivity index (χ0) is 17.9. The summed E-state index contributed by atoms with van der Waals surface area (Å²) in [6, 6.07) is 10.1. The molecule has 0 bridgehead atoms. The van der Waals surface area contributed by atoms with Crippen molar-refractivity contribution in [3.05, 3.63) is 36.2 Å². The molecule has 0 radical (unpaired) electrons. The van der Waals surface area contributed by atoms with Crippen molar-refractivity contribution in [1.29, 1.82) is 0 Å². The number of hydrogen-bond acceptors (Lipinski definition) is 5. The van der Waals surface area contributed by atoms with E-state index in [-0.39, 0.29) is 17.3 Å². The standard InChI is InChI=1S/C19H24N4O2S/c1-13(18(24)20-12-16-8-5-11-25-16)26-19-21-17(14-9-10-14)23(22-19)15-6-3-2-4-7-15/h2-4,6-7,13-14,16H,5,8-12H2,1H3,(H,20,24)/t13-,16-/m0/s1. The molecule has 1 saturated heterocycles. The number of rotatable bonds is 7. The summed E-state index contributed by atoms with van der Waals surface area (Å²) in [5, 5.41) is 8.07. The number of aromatic nitrogens is 3. The topological polar surface area (TPSA) is 69.0 Å². The summed E-state index contributed by atoms with van der Waals surface area (Å²) >= 11 is 1.41. The molecule has 2 fully saturated rings. The van der Waals surface area contributed by atoms with E-state index in [0.29, 0.717) is 17.6 Å². The van der Waals surface area contributed by atoms with Crippen molar-refractivity contribution in [2.75, 3.05) is 13.2 Å². The van der Waals surface area contributed by atoms with E-state index in [2.05, 4.69) is 10.4 Å². The quantitative estimate of drug-likeness (QED) is 0.757. The summed E-state index contributed by atoms with van der Waals surface area (Å²) < 4.78 is 7.48. The van der Waals surface area contributed by atoms with Crippen molar-refractivity contribution in [3.8, 4) is 5.69 Å². The number of nitrogens with zero attached hydrogens (tertiary/aromatic N) is 3. The number of para-hydroxylation sites is 1.